The minimum atomic E-state index is -0.275. The van der Waals surface area contributed by atoms with E-state index >= 15 is 0 Å². The maximum absolute atomic E-state index is 12.0. The van der Waals surface area contributed by atoms with Gasteiger partial charge >= 0.3 is 0 Å². The van der Waals surface area contributed by atoms with Crippen molar-refractivity contribution in [3.05, 3.63) is 59.1 Å². The summed E-state index contributed by atoms with van der Waals surface area (Å²) in [4.78, 5) is 12.0. The van der Waals surface area contributed by atoms with Crippen molar-refractivity contribution in [2.45, 2.75) is 0 Å². The predicted octanol–water partition coefficient (Wildman–Crippen LogP) is 4.01. The maximum atomic E-state index is 12.0. The molecular weight excluding hydrogens is 302 g/mol. The van der Waals surface area contributed by atoms with Gasteiger partial charge in [0.1, 0.15) is 11.5 Å². The van der Waals surface area contributed by atoms with E-state index in [4.69, 9.17) is 21.1 Å². The van der Waals surface area contributed by atoms with E-state index < -0.39 is 0 Å². The molecule has 4 nitrogen and oxygen atoms in total. The fourth-order valence-electron chi connectivity index (χ4n) is 1.87. The Morgan fingerprint density at radius 1 is 1.09 bits per heavy atom. The van der Waals surface area contributed by atoms with Crippen molar-refractivity contribution in [3.8, 4) is 11.5 Å². The van der Waals surface area contributed by atoms with Crippen LogP contribution in [0.1, 0.15) is 5.56 Å². The normalized spacial score (nSPS) is 10.5. The van der Waals surface area contributed by atoms with Crippen molar-refractivity contribution in [2.24, 2.45) is 0 Å². The molecule has 0 bridgehead atoms. The first kappa shape index (κ1) is 15.9. The molecule has 0 radical (unpaired) electrons. The average molecular weight is 318 g/mol. The van der Waals surface area contributed by atoms with E-state index in [0.717, 1.165) is 5.56 Å². The number of carbonyl (C=O) groups excluding carboxylic acids is 1. The molecule has 0 aliphatic heterocycles. The molecule has 5 heteroatoms. The Bertz CT molecular complexity index is 684. The van der Waals surface area contributed by atoms with Gasteiger partial charge < -0.3 is 14.8 Å². The summed E-state index contributed by atoms with van der Waals surface area (Å²) in [7, 11) is 3.03. The summed E-state index contributed by atoms with van der Waals surface area (Å²) >= 11 is 6.07. The fourth-order valence-corrected chi connectivity index (χ4v) is 2.11. The van der Waals surface area contributed by atoms with Crippen LogP contribution in [-0.2, 0) is 4.79 Å². The van der Waals surface area contributed by atoms with Gasteiger partial charge in [-0.15, -0.1) is 0 Å². The quantitative estimate of drug-likeness (QED) is 0.848. The van der Waals surface area contributed by atoms with Gasteiger partial charge in [0.25, 0.3) is 0 Å². The van der Waals surface area contributed by atoms with Crippen molar-refractivity contribution in [2.75, 3.05) is 19.5 Å². The molecule has 0 spiro atoms. The zero-order valence-electron chi connectivity index (χ0n) is 12.3. The van der Waals surface area contributed by atoms with Crippen LogP contribution in [0.4, 0.5) is 5.69 Å². The standard InChI is InChI=1S/C17H16ClNO3/c1-21-15-11-16(22-2)14(10-13(15)18)19-17(20)9-8-12-6-4-3-5-7-12/h3-11H,1-2H3,(H,19,20). The largest absolute Gasteiger partial charge is 0.495 e. The van der Waals surface area contributed by atoms with E-state index in [-0.39, 0.29) is 5.91 Å². The Labute approximate surface area is 134 Å². The SMILES string of the molecule is COc1cc(OC)c(NC(=O)C=Cc2ccccc2)cc1Cl. The molecule has 0 saturated carbocycles. The Morgan fingerprint density at radius 3 is 2.41 bits per heavy atom. The third-order valence-electron chi connectivity index (χ3n) is 2.96. The number of amides is 1. The first-order valence-corrected chi connectivity index (χ1v) is 6.97. The lowest BCUT2D eigenvalue weighted by atomic mass is 10.2. The molecule has 2 rings (SSSR count). The highest BCUT2D eigenvalue weighted by molar-refractivity contribution is 6.32. The molecule has 0 fully saturated rings. The molecule has 1 amide bonds. The molecule has 114 valence electrons. The summed E-state index contributed by atoms with van der Waals surface area (Å²) in [5.74, 6) is 0.683. The molecule has 0 saturated heterocycles. The number of methoxy groups -OCH3 is 2. The van der Waals surface area contributed by atoms with Crippen molar-refractivity contribution in [1.82, 2.24) is 0 Å². The van der Waals surface area contributed by atoms with Crippen LogP contribution in [0.25, 0.3) is 6.08 Å². The van der Waals surface area contributed by atoms with Gasteiger partial charge in [0, 0.05) is 12.1 Å². The van der Waals surface area contributed by atoms with E-state index in [0.29, 0.717) is 22.2 Å². The van der Waals surface area contributed by atoms with Crippen molar-refractivity contribution < 1.29 is 14.3 Å². The summed E-state index contributed by atoms with van der Waals surface area (Å²) in [5, 5.41) is 3.13. The number of ether oxygens (including phenoxy) is 2. The van der Waals surface area contributed by atoms with Crippen LogP contribution in [0, 0.1) is 0 Å². The Balaban J connectivity index is 2.14. The number of carbonyl (C=O) groups is 1. The topological polar surface area (TPSA) is 47.6 Å². The Hall–Kier alpha value is -2.46. The van der Waals surface area contributed by atoms with Gasteiger partial charge in [0.05, 0.1) is 24.9 Å². The van der Waals surface area contributed by atoms with Crippen molar-refractivity contribution >= 4 is 29.3 Å². The molecule has 2 aromatic carbocycles. The lowest BCUT2D eigenvalue weighted by molar-refractivity contribution is -0.111. The highest BCUT2D eigenvalue weighted by atomic mass is 35.5. The molecule has 22 heavy (non-hydrogen) atoms. The minimum absolute atomic E-state index is 0.275. The van der Waals surface area contributed by atoms with Crippen molar-refractivity contribution in [1.29, 1.82) is 0 Å². The highest BCUT2D eigenvalue weighted by Gasteiger charge is 2.11. The number of benzene rings is 2. The summed E-state index contributed by atoms with van der Waals surface area (Å²) in [6.07, 6.45) is 3.18. The smallest absolute Gasteiger partial charge is 0.248 e. The molecule has 0 atom stereocenters. The second-order valence-electron chi connectivity index (χ2n) is 4.42. The van der Waals surface area contributed by atoms with Gasteiger partial charge in [-0.05, 0) is 17.7 Å². The third-order valence-corrected chi connectivity index (χ3v) is 3.25. The van der Waals surface area contributed by atoms with Crippen LogP contribution in [0.15, 0.2) is 48.5 Å². The first-order chi connectivity index (χ1) is 10.6. The molecular formula is C17H16ClNO3. The van der Waals surface area contributed by atoms with E-state index in [1.807, 2.05) is 30.3 Å². The monoisotopic (exact) mass is 317 g/mol. The zero-order chi connectivity index (χ0) is 15.9. The highest BCUT2D eigenvalue weighted by Crippen LogP contribution is 2.35. The molecule has 1 N–H and O–H groups in total. The molecule has 0 heterocycles. The summed E-state index contributed by atoms with van der Waals surface area (Å²) in [5.41, 5.74) is 1.42. The number of halogens is 1. The van der Waals surface area contributed by atoms with E-state index in [2.05, 4.69) is 5.32 Å². The minimum Gasteiger partial charge on any atom is -0.495 e. The molecule has 2 aromatic rings. The number of rotatable bonds is 5. The Morgan fingerprint density at radius 2 is 1.77 bits per heavy atom. The van der Waals surface area contributed by atoms with E-state index in [1.54, 1.807) is 18.2 Å². The predicted molar refractivity (Wildman–Crippen MR) is 88.7 cm³/mol. The van der Waals surface area contributed by atoms with Crippen molar-refractivity contribution in [3.63, 3.8) is 0 Å². The van der Waals surface area contributed by atoms with Gasteiger partial charge in [-0.25, -0.2) is 0 Å². The van der Waals surface area contributed by atoms with Gasteiger partial charge in [0.15, 0.2) is 0 Å². The summed E-state index contributed by atoms with van der Waals surface area (Å²) in [6.45, 7) is 0. The van der Waals surface area contributed by atoms with Crippen LogP contribution in [0.2, 0.25) is 5.02 Å². The van der Waals surface area contributed by atoms with E-state index in [9.17, 15) is 4.79 Å². The fraction of sp³-hybridized carbons (Fsp3) is 0.118. The lowest BCUT2D eigenvalue weighted by Crippen LogP contribution is -2.09. The molecule has 0 unspecified atom stereocenters. The number of hydrogen-bond acceptors (Lipinski definition) is 3. The van der Waals surface area contributed by atoms with Crippen LogP contribution >= 0.6 is 11.6 Å². The maximum Gasteiger partial charge on any atom is 0.248 e. The second kappa shape index (κ2) is 7.52. The third kappa shape index (κ3) is 4.02. The van der Waals surface area contributed by atoms with Gasteiger partial charge in [-0.2, -0.15) is 0 Å². The number of hydrogen-bond donors (Lipinski definition) is 1. The van der Waals surface area contributed by atoms with Crippen LogP contribution in [0.3, 0.4) is 0 Å². The number of anilines is 1. The van der Waals surface area contributed by atoms with Gasteiger partial charge in [-0.3, -0.25) is 4.79 Å². The van der Waals surface area contributed by atoms with Crippen LogP contribution < -0.4 is 14.8 Å². The second-order valence-corrected chi connectivity index (χ2v) is 4.83. The van der Waals surface area contributed by atoms with Crippen LogP contribution in [0.5, 0.6) is 11.5 Å². The number of nitrogens with one attached hydrogen (secondary N) is 1. The van der Waals surface area contributed by atoms with E-state index in [1.165, 1.54) is 20.3 Å². The molecule has 0 aliphatic rings. The Kier molecular flexibility index (Phi) is 5.44. The molecule has 0 aromatic heterocycles. The zero-order valence-corrected chi connectivity index (χ0v) is 13.1. The summed E-state index contributed by atoms with van der Waals surface area (Å²) < 4.78 is 10.3. The average Bonchev–Trinajstić information content (AvgIpc) is 2.54. The van der Waals surface area contributed by atoms with Gasteiger partial charge in [0.2, 0.25) is 5.91 Å². The first-order valence-electron chi connectivity index (χ1n) is 6.59. The molecule has 0 aliphatic carbocycles. The summed E-state index contributed by atoms with van der Waals surface area (Å²) in [6, 6.07) is 12.8. The van der Waals surface area contributed by atoms with Gasteiger partial charge in [-0.1, -0.05) is 41.9 Å². The van der Waals surface area contributed by atoms with Crippen LogP contribution in [-0.4, -0.2) is 20.1 Å². The lowest BCUT2D eigenvalue weighted by Gasteiger charge is -2.12.